The summed E-state index contributed by atoms with van der Waals surface area (Å²) in [6, 6.07) is 3.18. The van der Waals surface area contributed by atoms with Gasteiger partial charge in [-0.3, -0.25) is 9.36 Å². The minimum Gasteiger partial charge on any atom is -0.320 e. The van der Waals surface area contributed by atoms with Crippen molar-refractivity contribution >= 4 is 10.9 Å². The number of aryl methyl sites for hydroxylation is 1. The van der Waals surface area contributed by atoms with E-state index in [0.717, 1.165) is 31.5 Å². The number of nitrogens with zero attached hydrogens (tertiary/aromatic N) is 2. The minimum atomic E-state index is -4.48. The van der Waals surface area contributed by atoms with E-state index in [1.54, 1.807) is 4.57 Å². The molecule has 0 saturated heterocycles. The minimum absolute atomic E-state index is 0.0167. The Morgan fingerprint density at radius 3 is 2.42 bits per heavy atom. The average Bonchev–Trinajstić information content (AvgIpc) is 2.52. The van der Waals surface area contributed by atoms with Gasteiger partial charge in [-0.25, -0.2) is 4.98 Å². The van der Waals surface area contributed by atoms with Crippen molar-refractivity contribution in [3.8, 4) is 0 Å². The lowest BCUT2D eigenvalue weighted by atomic mass is 9.96. The van der Waals surface area contributed by atoms with Gasteiger partial charge in [-0.1, -0.05) is 20.8 Å². The molecule has 1 N–H and O–H groups in total. The second kappa shape index (κ2) is 7.78. The molecule has 26 heavy (non-hydrogen) atoms. The van der Waals surface area contributed by atoms with Crippen LogP contribution in [-0.4, -0.2) is 23.1 Å². The Morgan fingerprint density at radius 1 is 1.15 bits per heavy atom. The lowest BCUT2D eigenvalue weighted by Crippen LogP contribution is -2.31. The fourth-order valence-electron chi connectivity index (χ4n) is 2.86. The predicted octanol–water partition coefficient (Wildman–Crippen LogP) is 4.00. The molecule has 0 aliphatic rings. The number of fused-ring (bicyclic) bond motifs is 1. The number of benzene rings is 1. The first kappa shape index (κ1) is 20.4. The summed E-state index contributed by atoms with van der Waals surface area (Å²) in [5, 5.41) is 3.09. The average molecular weight is 369 g/mol. The highest BCUT2D eigenvalue weighted by atomic mass is 19.4. The molecule has 0 aliphatic heterocycles. The van der Waals surface area contributed by atoms with Gasteiger partial charge in [0.05, 0.1) is 16.5 Å². The SMILES string of the molecule is CNCCCCc1nc2ccc(C(F)(F)F)cc2c(=O)n1CC(C)(C)C. The van der Waals surface area contributed by atoms with Crippen LogP contribution >= 0.6 is 0 Å². The van der Waals surface area contributed by atoms with Gasteiger partial charge in [0.1, 0.15) is 5.82 Å². The maximum Gasteiger partial charge on any atom is 0.416 e. The highest BCUT2D eigenvalue weighted by Gasteiger charge is 2.31. The third kappa shape index (κ3) is 5.06. The highest BCUT2D eigenvalue weighted by molar-refractivity contribution is 5.78. The Kier molecular flexibility index (Phi) is 6.11. The van der Waals surface area contributed by atoms with E-state index in [-0.39, 0.29) is 10.8 Å². The van der Waals surface area contributed by atoms with E-state index >= 15 is 0 Å². The molecule has 1 heterocycles. The zero-order valence-corrected chi connectivity index (χ0v) is 15.7. The molecule has 0 amide bonds. The first-order valence-electron chi connectivity index (χ1n) is 8.78. The molecule has 1 aromatic heterocycles. The van der Waals surface area contributed by atoms with Crippen molar-refractivity contribution < 1.29 is 13.2 Å². The van der Waals surface area contributed by atoms with Crippen LogP contribution in [0, 0.1) is 5.41 Å². The summed E-state index contributed by atoms with van der Waals surface area (Å²) in [6.07, 6.45) is -2.08. The molecule has 0 spiro atoms. The summed E-state index contributed by atoms with van der Waals surface area (Å²) >= 11 is 0. The summed E-state index contributed by atoms with van der Waals surface area (Å²) in [5.74, 6) is 0.633. The number of hydrogen-bond acceptors (Lipinski definition) is 3. The molecule has 0 aliphatic carbocycles. The van der Waals surface area contributed by atoms with Crippen molar-refractivity contribution in [2.24, 2.45) is 5.41 Å². The molecule has 2 rings (SSSR count). The lowest BCUT2D eigenvalue weighted by molar-refractivity contribution is -0.137. The largest absolute Gasteiger partial charge is 0.416 e. The number of aromatic nitrogens is 2. The third-order valence-electron chi connectivity index (χ3n) is 4.07. The number of unbranched alkanes of at least 4 members (excludes halogenated alkanes) is 1. The number of halogens is 3. The van der Waals surface area contributed by atoms with Crippen LogP contribution in [0.2, 0.25) is 0 Å². The van der Waals surface area contributed by atoms with Crippen LogP contribution in [0.25, 0.3) is 10.9 Å². The second-order valence-electron chi connectivity index (χ2n) is 7.77. The first-order valence-corrected chi connectivity index (χ1v) is 8.78. The van der Waals surface area contributed by atoms with Crippen LogP contribution in [-0.2, 0) is 19.1 Å². The molecular formula is C19H26F3N3O. The molecule has 0 atom stereocenters. The van der Waals surface area contributed by atoms with Crippen molar-refractivity contribution in [1.82, 2.24) is 14.9 Å². The van der Waals surface area contributed by atoms with Gasteiger partial charge < -0.3 is 5.32 Å². The van der Waals surface area contributed by atoms with Gasteiger partial charge in [-0.15, -0.1) is 0 Å². The normalized spacial score (nSPS) is 12.7. The van der Waals surface area contributed by atoms with Crippen LogP contribution in [0.5, 0.6) is 0 Å². The summed E-state index contributed by atoms with van der Waals surface area (Å²) in [6.45, 7) is 7.24. The molecule has 0 bridgehead atoms. The fraction of sp³-hybridized carbons (Fsp3) is 0.579. The van der Waals surface area contributed by atoms with Crippen molar-refractivity contribution in [1.29, 1.82) is 0 Å². The van der Waals surface area contributed by atoms with Gasteiger partial charge in [-0.05, 0) is 50.0 Å². The van der Waals surface area contributed by atoms with Gasteiger partial charge in [-0.2, -0.15) is 13.2 Å². The predicted molar refractivity (Wildman–Crippen MR) is 97.3 cm³/mol. The maximum atomic E-state index is 13.0. The van der Waals surface area contributed by atoms with Crippen LogP contribution < -0.4 is 10.9 Å². The standard InChI is InChI=1S/C19H26F3N3O/c1-18(2,3)12-25-16(7-5-6-10-23-4)24-15-9-8-13(19(20,21)22)11-14(15)17(25)26/h8-9,11,23H,5-7,10,12H2,1-4H3. The Morgan fingerprint density at radius 2 is 1.85 bits per heavy atom. The lowest BCUT2D eigenvalue weighted by Gasteiger charge is -2.22. The molecule has 1 aromatic carbocycles. The molecule has 0 saturated carbocycles. The molecule has 7 heteroatoms. The highest BCUT2D eigenvalue weighted by Crippen LogP contribution is 2.30. The Labute approximate surface area is 151 Å². The molecule has 2 aromatic rings. The van der Waals surface area contributed by atoms with Crippen molar-refractivity contribution in [2.45, 2.75) is 52.8 Å². The van der Waals surface area contributed by atoms with E-state index in [1.165, 1.54) is 6.07 Å². The first-order chi connectivity index (χ1) is 12.0. The molecule has 4 nitrogen and oxygen atoms in total. The van der Waals surface area contributed by atoms with E-state index in [0.29, 0.717) is 24.3 Å². The maximum absolute atomic E-state index is 13.0. The van der Waals surface area contributed by atoms with Gasteiger partial charge in [0.15, 0.2) is 0 Å². The van der Waals surface area contributed by atoms with Crippen LogP contribution in [0.1, 0.15) is 45.0 Å². The van der Waals surface area contributed by atoms with Crippen molar-refractivity contribution in [2.75, 3.05) is 13.6 Å². The Bertz CT molecular complexity index is 820. The molecule has 0 radical (unpaired) electrons. The summed E-state index contributed by atoms with van der Waals surface area (Å²) in [7, 11) is 1.88. The van der Waals surface area contributed by atoms with E-state index in [1.807, 2.05) is 27.8 Å². The Hall–Kier alpha value is -1.89. The molecule has 0 unspecified atom stereocenters. The third-order valence-corrected chi connectivity index (χ3v) is 4.07. The fourth-order valence-corrected chi connectivity index (χ4v) is 2.86. The summed E-state index contributed by atoms with van der Waals surface area (Å²) < 4.78 is 40.6. The monoisotopic (exact) mass is 369 g/mol. The topological polar surface area (TPSA) is 46.9 Å². The van der Waals surface area contributed by atoms with Gasteiger partial charge in [0.2, 0.25) is 0 Å². The smallest absolute Gasteiger partial charge is 0.320 e. The van der Waals surface area contributed by atoms with E-state index in [4.69, 9.17) is 0 Å². The van der Waals surface area contributed by atoms with Gasteiger partial charge in [0.25, 0.3) is 5.56 Å². The summed E-state index contributed by atoms with van der Waals surface area (Å²) in [5.41, 5.74) is -1.11. The quantitative estimate of drug-likeness (QED) is 0.783. The Balaban J connectivity index is 2.55. The number of hydrogen-bond donors (Lipinski definition) is 1. The van der Waals surface area contributed by atoms with Crippen molar-refractivity contribution in [3.63, 3.8) is 0 Å². The number of nitrogens with one attached hydrogen (secondary N) is 1. The zero-order valence-electron chi connectivity index (χ0n) is 15.7. The zero-order chi connectivity index (χ0) is 19.5. The second-order valence-corrected chi connectivity index (χ2v) is 7.77. The van der Waals surface area contributed by atoms with Gasteiger partial charge in [0, 0.05) is 13.0 Å². The van der Waals surface area contributed by atoms with Crippen LogP contribution in [0.3, 0.4) is 0 Å². The summed E-state index contributed by atoms with van der Waals surface area (Å²) in [4.78, 5) is 17.5. The molecule has 144 valence electrons. The van der Waals surface area contributed by atoms with E-state index in [9.17, 15) is 18.0 Å². The van der Waals surface area contributed by atoms with Crippen LogP contribution in [0.15, 0.2) is 23.0 Å². The van der Waals surface area contributed by atoms with Crippen molar-refractivity contribution in [3.05, 3.63) is 39.9 Å². The van der Waals surface area contributed by atoms with Gasteiger partial charge >= 0.3 is 6.18 Å². The number of rotatable bonds is 6. The van der Waals surface area contributed by atoms with E-state index < -0.39 is 17.3 Å². The van der Waals surface area contributed by atoms with E-state index in [2.05, 4.69) is 10.3 Å². The molecule has 0 fully saturated rings. The molecular weight excluding hydrogens is 343 g/mol. The van der Waals surface area contributed by atoms with Crippen LogP contribution in [0.4, 0.5) is 13.2 Å². The number of alkyl halides is 3.